The zero-order chi connectivity index (χ0) is 16.6. The molecule has 1 aliphatic rings. The summed E-state index contributed by atoms with van der Waals surface area (Å²) in [5.41, 5.74) is 2.13. The number of imidazole rings is 1. The molecule has 0 aliphatic heterocycles. The van der Waals surface area contributed by atoms with Crippen molar-refractivity contribution in [3.8, 4) is 11.4 Å². The summed E-state index contributed by atoms with van der Waals surface area (Å²) >= 11 is 0. The molecular weight excluding hydrogens is 287 g/mol. The quantitative estimate of drug-likeness (QED) is 0.838. The molecule has 120 valence electrons. The molecule has 23 heavy (non-hydrogen) atoms. The Morgan fingerprint density at radius 2 is 1.74 bits per heavy atom. The van der Waals surface area contributed by atoms with Gasteiger partial charge < -0.3 is 4.57 Å². The fourth-order valence-corrected chi connectivity index (χ4v) is 3.02. The van der Waals surface area contributed by atoms with Crippen LogP contribution in [0.4, 0.5) is 4.39 Å². The van der Waals surface area contributed by atoms with Crippen molar-refractivity contribution in [2.45, 2.75) is 40.2 Å². The maximum Gasteiger partial charge on any atom is 0.141 e. The SMILES string of the molecule is CC(C)C1=CC=c2c(nc(-c3ccccc3)n2C(C)C)=C(F)C1. The number of hydrogen-bond donors (Lipinski definition) is 0. The third-order valence-corrected chi connectivity index (χ3v) is 4.31. The van der Waals surface area contributed by atoms with Gasteiger partial charge in [-0.3, -0.25) is 0 Å². The van der Waals surface area contributed by atoms with Gasteiger partial charge in [0, 0.05) is 18.0 Å². The van der Waals surface area contributed by atoms with Gasteiger partial charge in [0.05, 0.1) is 5.35 Å². The van der Waals surface area contributed by atoms with Crippen LogP contribution >= 0.6 is 0 Å². The van der Waals surface area contributed by atoms with E-state index >= 15 is 0 Å². The Morgan fingerprint density at radius 1 is 1.04 bits per heavy atom. The summed E-state index contributed by atoms with van der Waals surface area (Å²) in [7, 11) is 0. The van der Waals surface area contributed by atoms with E-state index in [1.165, 1.54) is 0 Å². The van der Waals surface area contributed by atoms with Crippen LogP contribution < -0.4 is 10.7 Å². The Kier molecular flexibility index (Phi) is 4.20. The minimum absolute atomic E-state index is 0.134. The summed E-state index contributed by atoms with van der Waals surface area (Å²) in [6.45, 7) is 8.42. The highest BCUT2D eigenvalue weighted by molar-refractivity contribution is 5.59. The molecule has 0 saturated carbocycles. The van der Waals surface area contributed by atoms with Crippen LogP contribution in [0.25, 0.3) is 23.3 Å². The summed E-state index contributed by atoms with van der Waals surface area (Å²) < 4.78 is 16.9. The molecule has 0 amide bonds. The molecule has 0 radical (unpaired) electrons. The zero-order valence-electron chi connectivity index (χ0n) is 14.2. The first-order valence-corrected chi connectivity index (χ1v) is 8.22. The predicted molar refractivity (Wildman–Crippen MR) is 93.8 cm³/mol. The Hall–Kier alpha value is -2.16. The maximum absolute atomic E-state index is 14.8. The minimum Gasteiger partial charge on any atom is -0.321 e. The Morgan fingerprint density at radius 3 is 2.35 bits per heavy atom. The van der Waals surface area contributed by atoms with Crippen LogP contribution in [0, 0.1) is 5.92 Å². The number of aromatic nitrogens is 2. The van der Waals surface area contributed by atoms with Crippen molar-refractivity contribution in [2.75, 3.05) is 0 Å². The molecule has 0 spiro atoms. The first-order chi connectivity index (χ1) is 11.0. The second kappa shape index (κ2) is 6.15. The van der Waals surface area contributed by atoms with Gasteiger partial charge in [-0.15, -0.1) is 0 Å². The van der Waals surface area contributed by atoms with Gasteiger partial charge in [0.1, 0.15) is 17.0 Å². The monoisotopic (exact) mass is 310 g/mol. The predicted octanol–water partition coefficient (Wildman–Crippen LogP) is 3.98. The number of halogens is 1. The van der Waals surface area contributed by atoms with E-state index in [1.54, 1.807) is 0 Å². The molecule has 0 N–H and O–H groups in total. The van der Waals surface area contributed by atoms with E-state index in [9.17, 15) is 4.39 Å². The lowest BCUT2D eigenvalue weighted by Gasteiger charge is -2.12. The first kappa shape index (κ1) is 15.7. The van der Waals surface area contributed by atoms with Crippen molar-refractivity contribution >= 4 is 11.9 Å². The van der Waals surface area contributed by atoms with Gasteiger partial charge in [-0.2, -0.15) is 0 Å². The number of allylic oxidation sites excluding steroid dienone is 2. The maximum atomic E-state index is 14.8. The lowest BCUT2D eigenvalue weighted by atomic mass is 10.00. The van der Waals surface area contributed by atoms with E-state index in [0.29, 0.717) is 17.7 Å². The summed E-state index contributed by atoms with van der Waals surface area (Å²) in [5.74, 6) is 1.03. The van der Waals surface area contributed by atoms with Crippen molar-refractivity contribution in [3.63, 3.8) is 0 Å². The van der Waals surface area contributed by atoms with E-state index in [0.717, 1.165) is 22.3 Å². The van der Waals surface area contributed by atoms with Crippen LogP contribution in [-0.2, 0) is 0 Å². The molecule has 0 atom stereocenters. The van der Waals surface area contributed by atoms with Crippen molar-refractivity contribution in [2.24, 2.45) is 5.92 Å². The van der Waals surface area contributed by atoms with Gasteiger partial charge in [0.2, 0.25) is 0 Å². The number of hydrogen-bond acceptors (Lipinski definition) is 1. The molecule has 1 heterocycles. The van der Waals surface area contributed by atoms with Gasteiger partial charge in [-0.25, -0.2) is 9.37 Å². The number of nitrogens with zero attached hydrogens (tertiary/aromatic N) is 2. The van der Waals surface area contributed by atoms with E-state index < -0.39 is 0 Å². The van der Waals surface area contributed by atoms with Gasteiger partial charge in [0.15, 0.2) is 0 Å². The Balaban J connectivity index is 2.32. The Labute approximate surface area is 136 Å². The topological polar surface area (TPSA) is 17.8 Å². The molecular formula is C20H23FN2. The second-order valence-electron chi connectivity index (χ2n) is 6.64. The molecule has 2 aromatic rings. The molecule has 3 rings (SSSR count). The van der Waals surface area contributed by atoms with Gasteiger partial charge in [-0.05, 0) is 25.8 Å². The minimum atomic E-state index is -0.134. The fraction of sp³-hybridized carbons (Fsp3) is 0.350. The number of fused-ring (bicyclic) bond motifs is 1. The van der Waals surface area contributed by atoms with E-state index in [2.05, 4.69) is 43.3 Å². The van der Waals surface area contributed by atoms with Crippen molar-refractivity contribution in [1.82, 2.24) is 9.55 Å². The van der Waals surface area contributed by atoms with E-state index in [-0.39, 0.29) is 11.9 Å². The van der Waals surface area contributed by atoms with E-state index in [4.69, 9.17) is 0 Å². The van der Waals surface area contributed by atoms with E-state index in [1.807, 2.05) is 36.4 Å². The van der Waals surface area contributed by atoms with Gasteiger partial charge in [-0.1, -0.05) is 55.8 Å². The lowest BCUT2D eigenvalue weighted by molar-refractivity contribution is 0.591. The fourth-order valence-electron chi connectivity index (χ4n) is 3.02. The molecule has 0 unspecified atom stereocenters. The third kappa shape index (κ3) is 2.88. The highest BCUT2D eigenvalue weighted by Gasteiger charge is 2.18. The molecule has 1 aromatic heterocycles. The highest BCUT2D eigenvalue weighted by atomic mass is 19.1. The van der Waals surface area contributed by atoms with Crippen LogP contribution in [0.1, 0.15) is 40.2 Å². The average molecular weight is 310 g/mol. The van der Waals surface area contributed by atoms with Crippen molar-refractivity contribution < 1.29 is 4.39 Å². The summed E-state index contributed by atoms with van der Waals surface area (Å²) in [6.07, 6.45) is 4.44. The van der Waals surface area contributed by atoms with Crippen molar-refractivity contribution in [3.05, 3.63) is 52.7 Å². The summed E-state index contributed by atoms with van der Waals surface area (Å²) in [6, 6.07) is 10.2. The number of rotatable bonds is 3. The smallest absolute Gasteiger partial charge is 0.141 e. The number of benzene rings is 1. The van der Waals surface area contributed by atoms with Crippen LogP contribution in [0.5, 0.6) is 0 Å². The summed E-state index contributed by atoms with van der Waals surface area (Å²) in [5, 5.41) is 1.36. The van der Waals surface area contributed by atoms with Crippen LogP contribution in [0.15, 0.2) is 42.0 Å². The second-order valence-corrected chi connectivity index (χ2v) is 6.64. The standard InChI is InChI=1S/C20H23FN2/c1-13(2)16-10-11-18-19(17(21)12-16)22-20(23(18)14(3)4)15-8-6-5-7-9-15/h5-11,13-14H,12H2,1-4H3. The molecule has 3 heteroatoms. The molecule has 2 nitrogen and oxygen atoms in total. The van der Waals surface area contributed by atoms with Crippen LogP contribution in [0.3, 0.4) is 0 Å². The molecule has 1 aliphatic carbocycles. The summed E-state index contributed by atoms with van der Waals surface area (Å²) in [4.78, 5) is 4.66. The largest absolute Gasteiger partial charge is 0.321 e. The zero-order valence-corrected chi connectivity index (χ0v) is 14.2. The first-order valence-electron chi connectivity index (χ1n) is 8.22. The van der Waals surface area contributed by atoms with Crippen LogP contribution in [-0.4, -0.2) is 9.55 Å². The van der Waals surface area contributed by atoms with Crippen molar-refractivity contribution in [1.29, 1.82) is 0 Å². The molecule has 0 bridgehead atoms. The third-order valence-electron chi connectivity index (χ3n) is 4.31. The van der Waals surface area contributed by atoms with Gasteiger partial charge in [0.25, 0.3) is 0 Å². The Bertz CT molecular complexity index is 855. The molecule has 0 saturated heterocycles. The van der Waals surface area contributed by atoms with Gasteiger partial charge >= 0.3 is 0 Å². The average Bonchev–Trinajstić information content (AvgIpc) is 2.84. The van der Waals surface area contributed by atoms with Crippen LogP contribution in [0.2, 0.25) is 0 Å². The molecule has 1 aromatic carbocycles. The highest BCUT2D eigenvalue weighted by Crippen LogP contribution is 2.23. The molecule has 0 fully saturated rings. The lowest BCUT2D eigenvalue weighted by Crippen LogP contribution is -2.31. The normalized spacial score (nSPS) is 14.6.